The Morgan fingerprint density at radius 3 is 2.12 bits per heavy atom. The predicted octanol–water partition coefficient (Wildman–Crippen LogP) is 2.57. The second-order valence-electron chi connectivity index (χ2n) is 6.71. The minimum Gasteiger partial charge on any atom is -0.394 e. The highest BCUT2D eigenvalue weighted by Crippen LogP contribution is 2.19. The average molecular weight is 344 g/mol. The van der Waals surface area contributed by atoms with Crippen LogP contribution in [0.3, 0.4) is 0 Å². The summed E-state index contributed by atoms with van der Waals surface area (Å²) in [6, 6.07) is 0. The molecule has 24 heavy (non-hydrogen) atoms. The maximum Gasteiger partial charge on any atom is 0.114 e. The smallest absolute Gasteiger partial charge is 0.114 e. The zero-order chi connectivity index (χ0) is 17.6. The van der Waals surface area contributed by atoms with Crippen molar-refractivity contribution in [2.45, 2.75) is 88.6 Å². The molecule has 0 spiro atoms. The van der Waals surface area contributed by atoms with E-state index in [4.69, 9.17) is 14.6 Å². The monoisotopic (exact) mass is 344 g/mol. The number of hydrogen-bond acceptors (Lipinski definition) is 5. The summed E-state index contributed by atoms with van der Waals surface area (Å²) < 4.78 is 10.8. The first kappa shape index (κ1) is 21.6. The van der Waals surface area contributed by atoms with Crippen LogP contribution < -0.4 is 0 Å². The third-order valence-electron chi connectivity index (χ3n) is 4.62. The molecule has 3 N–H and O–H groups in total. The molecule has 5 heteroatoms. The molecule has 0 aromatic carbocycles. The molecule has 1 fully saturated rings. The van der Waals surface area contributed by atoms with E-state index < -0.39 is 24.4 Å². The second-order valence-corrected chi connectivity index (χ2v) is 6.71. The Labute approximate surface area is 146 Å². The van der Waals surface area contributed by atoms with Crippen molar-refractivity contribution in [2.24, 2.45) is 0 Å². The lowest BCUT2D eigenvalue weighted by molar-refractivity contribution is -0.210. The summed E-state index contributed by atoms with van der Waals surface area (Å²) in [6.07, 6.45) is 11.0. The fraction of sp³-hybridized carbons (Fsp3) is 0.895. The first-order valence-corrected chi connectivity index (χ1v) is 9.51. The quantitative estimate of drug-likeness (QED) is 0.333. The molecule has 142 valence electrons. The minimum atomic E-state index is -0.972. The Morgan fingerprint density at radius 1 is 0.958 bits per heavy atom. The fourth-order valence-electron chi connectivity index (χ4n) is 3.07. The van der Waals surface area contributed by atoms with Crippen LogP contribution in [0.15, 0.2) is 12.7 Å². The van der Waals surface area contributed by atoms with Gasteiger partial charge in [0, 0.05) is 6.61 Å². The highest BCUT2D eigenvalue weighted by molar-refractivity contribution is 4.87. The minimum absolute atomic E-state index is 0.0970. The molecule has 1 heterocycles. The van der Waals surface area contributed by atoms with Gasteiger partial charge in [0.2, 0.25) is 0 Å². The van der Waals surface area contributed by atoms with E-state index in [1.54, 1.807) is 0 Å². The van der Waals surface area contributed by atoms with Gasteiger partial charge in [0.25, 0.3) is 0 Å². The highest BCUT2D eigenvalue weighted by Gasteiger charge is 2.38. The number of aliphatic hydroxyl groups excluding tert-OH is 3. The van der Waals surface area contributed by atoms with E-state index in [0.29, 0.717) is 6.61 Å². The van der Waals surface area contributed by atoms with Crippen LogP contribution in [0, 0.1) is 0 Å². The van der Waals surface area contributed by atoms with Gasteiger partial charge in [0.05, 0.1) is 13.2 Å². The molecule has 0 aliphatic carbocycles. The van der Waals surface area contributed by atoms with Gasteiger partial charge in [-0.2, -0.15) is 0 Å². The topological polar surface area (TPSA) is 79.2 Å². The van der Waals surface area contributed by atoms with E-state index >= 15 is 0 Å². The van der Waals surface area contributed by atoms with Crippen LogP contribution in [0.2, 0.25) is 0 Å². The number of aliphatic hydroxyl groups is 3. The van der Waals surface area contributed by atoms with Crippen molar-refractivity contribution in [1.82, 2.24) is 0 Å². The lowest BCUT2D eigenvalue weighted by atomic mass is 10.0. The van der Waals surface area contributed by atoms with Crippen molar-refractivity contribution in [2.75, 3.05) is 19.8 Å². The standard InChI is InChI=1S/C19H36O5/c1-2-3-4-5-6-7-8-9-10-11-12-13-23-19-16(21)15-24-17(14-20)18(19)22/h2,16-22H,1,3-15H2/t16-,17+,18+,19+/m0/s1. The number of allylic oxidation sites excluding steroid dienone is 1. The number of rotatable bonds is 14. The number of ether oxygens (including phenoxy) is 2. The van der Waals surface area contributed by atoms with Gasteiger partial charge in [-0.05, 0) is 19.3 Å². The molecule has 5 nitrogen and oxygen atoms in total. The Bertz CT molecular complexity index is 310. The summed E-state index contributed by atoms with van der Waals surface area (Å²) in [5, 5.41) is 28.9. The summed E-state index contributed by atoms with van der Waals surface area (Å²) in [4.78, 5) is 0. The summed E-state index contributed by atoms with van der Waals surface area (Å²) in [5.41, 5.74) is 0. The normalized spacial score (nSPS) is 27.3. The van der Waals surface area contributed by atoms with Gasteiger partial charge in [-0.1, -0.05) is 51.0 Å². The van der Waals surface area contributed by atoms with Crippen LogP contribution in [0.25, 0.3) is 0 Å². The van der Waals surface area contributed by atoms with Crippen molar-refractivity contribution in [3.05, 3.63) is 12.7 Å². The molecule has 1 rings (SSSR count). The van der Waals surface area contributed by atoms with Crippen molar-refractivity contribution in [1.29, 1.82) is 0 Å². The molecule has 0 aromatic heterocycles. The Hall–Kier alpha value is -0.460. The third kappa shape index (κ3) is 8.58. The fourth-order valence-corrected chi connectivity index (χ4v) is 3.07. The molecule has 0 amide bonds. The molecule has 0 radical (unpaired) electrons. The average Bonchev–Trinajstić information content (AvgIpc) is 2.58. The van der Waals surface area contributed by atoms with E-state index in [2.05, 4.69) is 6.58 Å². The van der Waals surface area contributed by atoms with Gasteiger partial charge < -0.3 is 24.8 Å². The van der Waals surface area contributed by atoms with Gasteiger partial charge in [-0.15, -0.1) is 6.58 Å². The van der Waals surface area contributed by atoms with Crippen molar-refractivity contribution in [3.8, 4) is 0 Å². The van der Waals surface area contributed by atoms with Crippen LogP contribution in [0.1, 0.15) is 64.2 Å². The van der Waals surface area contributed by atoms with Gasteiger partial charge in [0.1, 0.15) is 24.4 Å². The van der Waals surface area contributed by atoms with Gasteiger partial charge in [-0.25, -0.2) is 0 Å². The molecule has 0 saturated carbocycles. The molecular weight excluding hydrogens is 308 g/mol. The van der Waals surface area contributed by atoms with E-state index in [-0.39, 0.29) is 13.2 Å². The molecular formula is C19H36O5. The molecule has 0 aromatic rings. The van der Waals surface area contributed by atoms with E-state index in [1.807, 2.05) is 6.08 Å². The van der Waals surface area contributed by atoms with Gasteiger partial charge in [-0.3, -0.25) is 0 Å². The maximum absolute atomic E-state index is 10.0. The zero-order valence-corrected chi connectivity index (χ0v) is 14.9. The lowest BCUT2D eigenvalue weighted by Gasteiger charge is -2.37. The molecule has 1 saturated heterocycles. The Balaban J connectivity index is 1.95. The third-order valence-corrected chi connectivity index (χ3v) is 4.62. The maximum atomic E-state index is 10.0. The van der Waals surface area contributed by atoms with Crippen LogP contribution in [-0.4, -0.2) is 59.6 Å². The van der Waals surface area contributed by atoms with E-state index in [0.717, 1.165) is 19.3 Å². The second kappa shape index (κ2) is 13.8. The number of hydrogen-bond donors (Lipinski definition) is 3. The van der Waals surface area contributed by atoms with Crippen molar-refractivity contribution < 1.29 is 24.8 Å². The van der Waals surface area contributed by atoms with Crippen LogP contribution in [0.5, 0.6) is 0 Å². The van der Waals surface area contributed by atoms with Gasteiger partial charge >= 0.3 is 0 Å². The van der Waals surface area contributed by atoms with Crippen LogP contribution >= 0.6 is 0 Å². The summed E-state index contributed by atoms with van der Waals surface area (Å²) in [5.74, 6) is 0. The van der Waals surface area contributed by atoms with E-state index in [1.165, 1.54) is 44.9 Å². The predicted molar refractivity (Wildman–Crippen MR) is 94.9 cm³/mol. The molecule has 1 aliphatic heterocycles. The summed E-state index contributed by atoms with van der Waals surface area (Å²) in [6.45, 7) is 4.09. The van der Waals surface area contributed by atoms with Gasteiger partial charge in [0.15, 0.2) is 0 Å². The summed E-state index contributed by atoms with van der Waals surface area (Å²) >= 11 is 0. The highest BCUT2D eigenvalue weighted by atomic mass is 16.6. The molecule has 1 aliphatic rings. The number of unbranched alkanes of at least 4 members (excludes halogenated alkanes) is 9. The molecule has 0 bridgehead atoms. The SMILES string of the molecule is C=CCCCCCCCCCCCO[C@H]1[C@H](O)[C@@H](CO)OC[C@@H]1O. The first-order valence-electron chi connectivity index (χ1n) is 9.51. The zero-order valence-electron chi connectivity index (χ0n) is 14.9. The lowest BCUT2D eigenvalue weighted by Crippen LogP contribution is -2.55. The van der Waals surface area contributed by atoms with Crippen LogP contribution in [-0.2, 0) is 9.47 Å². The Kier molecular flexibility index (Phi) is 12.4. The molecule has 0 unspecified atom stereocenters. The van der Waals surface area contributed by atoms with Crippen LogP contribution in [0.4, 0.5) is 0 Å². The van der Waals surface area contributed by atoms with E-state index in [9.17, 15) is 10.2 Å². The molecule has 4 atom stereocenters. The summed E-state index contributed by atoms with van der Waals surface area (Å²) in [7, 11) is 0. The first-order chi connectivity index (χ1) is 11.7. The Morgan fingerprint density at radius 2 is 1.54 bits per heavy atom. The van der Waals surface area contributed by atoms with Crippen molar-refractivity contribution >= 4 is 0 Å². The van der Waals surface area contributed by atoms with Crippen molar-refractivity contribution in [3.63, 3.8) is 0 Å². The largest absolute Gasteiger partial charge is 0.394 e.